The second kappa shape index (κ2) is 2.98. The molecule has 2 bridgehead atoms. The van der Waals surface area contributed by atoms with E-state index < -0.39 is 0 Å². The molecule has 2 fully saturated rings. The van der Waals surface area contributed by atoms with Gasteiger partial charge in [0.15, 0.2) is 0 Å². The largest absolute Gasteiger partial charge is 0.370 e. The number of hydrogen-bond donors (Lipinski definition) is 2. The monoisotopic (exact) mass is 182 g/mol. The van der Waals surface area contributed by atoms with Crippen LogP contribution in [0.2, 0.25) is 0 Å². The molecule has 2 aliphatic heterocycles. The molecule has 1 unspecified atom stereocenters. The van der Waals surface area contributed by atoms with E-state index in [1.54, 1.807) is 0 Å². The number of hydrogen-bond acceptors (Lipinski definition) is 2. The van der Waals surface area contributed by atoms with Crippen LogP contribution in [0.5, 0.6) is 0 Å². The minimum absolute atomic E-state index is 0.149. The average Bonchev–Trinajstić information content (AvgIpc) is 2.27. The zero-order chi connectivity index (χ0) is 9.47. The Hall–Kier alpha value is -0.570. The van der Waals surface area contributed by atoms with Gasteiger partial charge in [-0.3, -0.25) is 4.79 Å². The molecular formula is C10H18N2O. The Kier molecular flexibility index (Phi) is 2.06. The van der Waals surface area contributed by atoms with Crippen molar-refractivity contribution in [3.8, 4) is 0 Å². The fourth-order valence-electron chi connectivity index (χ4n) is 3.06. The first-order chi connectivity index (χ1) is 6.07. The van der Waals surface area contributed by atoms with Gasteiger partial charge in [-0.2, -0.15) is 0 Å². The molecule has 1 amide bonds. The van der Waals surface area contributed by atoms with E-state index in [4.69, 9.17) is 5.73 Å². The second-order valence-corrected chi connectivity index (χ2v) is 5.00. The Labute approximate surface area is 79.1 Å². The Bertz CT molecular complexity index is 215. The minimum Gasteiger partial charge on any atom is -0.370 e. The van der Waals surface area contributed by atoms with Crippen molar-refractivity contribution in [1.29, 1.82) is 0 Å². The highest BCUT2D eigenvalue weighted by Gasteiger charge is 2.41. The van der Waals surface area contributed by atoms with Gasteiger partial charge in [-0.1, -0.05) is 6.92 Å². The predicted molar refractivity (Wildman–Crippen MR) is 51.1 cm³/mol. The van der Waals surface area contributed by atoms with Gasteiger partial charge >= 0.3 is 0 Å². The number of nitrogens with one attached hydrogen (secondary N) is 1. The second-order valence-electron chi connectivity index (χ2n) is 5.00. The molecule has 2 saturated heterocycles. The highest BCUT2D eigenvalue weighted by atomic mass is 16.1. The van der Waals surface area contributed by atoms with Crippen LogP contribution in [0, 0.1) is 5.41 Å². The number of piperidine rings is 1. The van der Waals surface area contributed by atoms with Crippen LogP contribution in [-0.2, 0) is 4.79 Å². The van der Waals surface area contributed by atoms with Crippen molar-refractivity contribution in [1.82, 2.24) is 5.32 Å². The van der Waals surface area contributed by atoms with E-state index in [9.17, 15) is 4.79 Å². The normalized spacial score (nSPS) is 43.5. The first-order valence-electron chi connectivity index (χ1n) is 5.12. The van der Waals surface area contributed by atoms with Gasteiger partial charge < -0.3 is 11.1 Å². The fraction of sp³-hybridized carbons (Fsp3) is 0.900. The molecule has 74 valence electrons. The lowest BCUT2D eigenvalue weighted by atomic mass is 9.75. The van der Waals surface area contributed by atoms with Gasteiger partial charge in [0.1, 0.15) is 0 Å². The summed E-state index contributed by atoms with van der Waals surface area (Å²) in [7, 11) is 0. The molecule has 3 N–H and O–H groups in total. The summed E-state index contributed by atoms with van der Waals surface area (Å²) < 4.78 is 0. The van der Waals surface area contributed by atoms with E-state index >= 15 is 0 Å². The molecule has 3 heteroatoms. The van der Waals surface area contributed by atoms with Crippen LogP contribution in [0.15, 0.2) is 0 Å². The Morgan fingerprint density at radius 3 is 2.46 bits per heavy atom. The maximum Gasteiger partial charge on any atom is 0.217 e. The summed E-state index contributed by atoms with van der Waals surface area (Å²) in [6, 6.07) is 1.28. The SMILES string of the molecule is CC1(CC(N)=O)C[C@H]2CC[C@@H](C1)N2. The maximum absolute atomic E-state index is 10.9. The Balaban J connectivity index is 2.03. The molecule has 0 aromatic carbocycles. The molecule has 2 aliphatic rings. The van der Waals surface area contributed by atoms with Gasteiger partial charge in [0, 0.05) is 18.5 Å². The number of rotatable bonds is 2. The van der Waals surface area contributed by atoms with Crippen LogP contribution in [0.3, 0.4) is 0 Å². The standard InChI is InChI=1S/C10H18N2O/c1-10(6-9(11)13)4-7-2-3-8(5-10)12-7/h7-8,12H,2-6H2,1H3,(H2,11,13)/t7-,8+,10?. The first kappa shape index (κ1) is 9.00. The summed E-state index contributed by atoms with van der Waals surface area (Å²) in [6.07, 6.45) is 5.35. The molecule has 2 heterocycles. The van der Waals surface area contributed by atoms with Crippen molar-refractivity contribution in [3.63, 3.8) is 0 Å². The Morgan fingerprint density at radius 2 is 2.00 bits per heavy atom. The van der Waals surface area contributed by atoms with Crippen LogP contribution in [0.1, 0.15) is 39.0 Å². The molecule has 0 aromatic heterocycles. The van der Waals surface area contributed by atoms with Crippen LogP contribution < -0.4 is 11.1 Å². The van der Waals surface area contributed by atoms with Crippen LogP contribution in [0.25, 0.3) is 0 Å². The zero-order valence-corrected chi connectivity index (χ0v) is 8.18. The lowest BCUT2D eigenvalue weighted by molar-refractivity contribution is -0.120. The van der Waals surface area contributed by atoms with E-state index in [2.05, 4.69) is 12.2 Å². The van der Waals surface area contributed by atoms with Gasteiger partial charge in [-0.05, 0) is 31.1 Å². The molecule has 3 nitrogen and oxygen atoms in total. The quantitative estimate of drug-likeness (QED) is 0.663. The maximum atomic E-state index is 10.9. The van der Waals surface area contributed by atoms with Crippen LogP contribution in [0.4, 0.5) is 0 Å². The van der Waals surface area contributed by atoms with Gasteiger partial charge in [0.2, 0.25) is 5.91 Å². The van der Waals surface area contributed by atoms with E-state index in [0.29, 0.717) is 18.5 Å². The van der Waals surface area contributed by atoms with Crippen molar-refractivity contribution in [2.75, 3.05) is 0 Å². The van der Waals surface area contributed by atoms with E-state index in [1.807, 2.05) is 0 Å². The fourth-order valence-corrected chi connectivity index (χ4v) is 3.06. The van der Waals surface area contributed by atoms with E-state index in [-0.39, 0.29) is 11.3 Å². The number of amides is 1. The number of carbonyl (C=O) groups is 1. The summed E-state index contributed by atoms with van der Waals surface area (Å²) in [6.45, 7) is 2.20. The van der Waals surface area contributed by atoms with Crippen LogP contribution >= 0.6 is 0 Å². The van der Waals surface area contributed by atoms with Gasteiger partial charge in [-0.25, -0.2) is 0 Å². The third-order valence-corrected chi connectivity index (χ3v) is 3.41. The molecule has 0 aromatic rings. The van der Waals surface area contributed by atoms with Gasteiger partial charge in [0.05, 0.1) is 0 Å². The third kappa shape index (κ3) is 1.85. The van der Waals surface area contributed by atoms with Gasteiger partial charge in [0.25, 0.3) is 0 Å². The topological polar surface area (TPSA) is 55.1 Å². The smallest absolute Gasteiger partial charge is 0.217 e. The number of fused-ring (bicyclic) bond motifs is 2. The lowest BCUT2D eigenvalue weighted by Crippen LogP contribution is -2.44. The average molecular weight is 182 g/mol. The van der Waals surface area contributed by atoms with Gasteiger partial charge in [-0.15, -0.1) is 0 Å². The number of primary amides is 1. The summed E-state index contributed by atoms with van der Waals surface area (Å²) >= 11 is 0. The van der Waals surface area contributed by atoms with Crippen LogP contribution in [-0.4, -0.2) is 18.0 Å². The van der Waals surface area contributed by atoms with E-state index in [1.165, 1.54) is 12.8 Å². The Morgan fingerprint density at radius 1 is 1.46 bits per heavy atom. The van der Waals surface area contributed by atoms with Crippen molar-refractivity contribution >= 4 is 5.91 Å². The molecule has 2 rings (SSSR count). The molecule has 0 spiro atoms. The lowest BCUT2D eigenvalue weighted by Gasteiger charge is -2.37. The van der Waals surface area contributed by atoms with Crippen molar-refractivity contribution in [2.24, 2.45) is 11.1 Å². The molecule has 3 atom stereocenters. The summed E-state index contributed by atoms with van der Waals surface area (Å²) in [4.78, 5) is 10.9. The summed E-state index contributed by atoms with van der Waals surface area (Å²) in [5.74, 6) is -0.149. The molecular weight excluding hydrogens is 164 g/mol. The predicted octanol–water partition coefficient (Wildman–Crippen LogP) is 0.782. The highest BCUT2D eigenvalue weighted by molar-refractivity contribution is 5.74. The number of carbonyl (C=O) groups excluding carboxylic acids is 1. The summed E-state index contributed by atoms with van der Waals surface area (Å²) in [5.41, 5.74) is 5.43. The zero-order valence-electron chi connectivity index (χ0n) is 8.18. The third-order valence-electron chi connectivity index (χ3n) is 3.41. The molecule has 0 radical (unpaired) electrons. The van der Waals surface area contributed by atoms with Crippen molar-refractivity contribution in [2.45, 2.75) is 51.1 Å². The summed E-state index contributed by atoms with van der Waals surface area (Å²) in [5, 5.41) is 3.57. The molecule has 0 saturated carbocycles. The molecule has 0 aliphatic carbocycles. The number of nitrogens with two attached hydrogens (primary N) is 1. The van der Waals surface area contributed by atoms with E-state index in [0.717, 1.165) is 12.8 Å². The highest BCUT2D eigenvalue weighted by Crippen LogP contribution is 2.41. The van der Waals surface area contributed by atoms with Crippen molar-refractivity contribution < 1.29 is 4.79 Å². The first-order valence-corrected chi connectivity index (χ1v) is 5.12. The minimum atomic E-state index is -0.149. The van der Waals surface area contributed by atoms with Crippen molar-refractivity contribution in [3.05, 3.63) is 0 Å². The molecule has 13 heavy (non-hydrogen) atoms.